The van der Waals surface area contributed by atoms with Crippen molar-refractivity contribution in [3.05, 3.63) is 119 Å². The Hall–Kier alpha value is -3.85. The van der Waals surface area contributed by atoms with Gasteiger partial charge < -0.3 is 5.73 Å². The fourth-order valence-corrected chi connectivity index (χ4v) is 4.59. The summed E-state index contributed by atoms with van der Waals surface area (Å²) in [6, 6.07) is 11.9. The Morgan fingerprint density at radius 2 is 1.72 bits per heavy atom. The quantitative estimate of drug-likeness (QED) is 0.486. The number of aliphatic imine (C=N–C) groups is 1. The Labute approximate surface area is 218 Å². The number of halogens is 1. The zero-order valence-electron chi connectivity index (χ0n) is 19.3. The first-order valence-electron chi connectivity index (χ1n) is 10.9. The van der Waals surface area contributed by atoms with Gasteiger partial charge in [-0.15, -0.1) is 11.8 Å². The summed E-state index contributed by atoms with van der Waals surface area (Å²) in [5.74, 6) is -0.560. The van der Waals surface area contributed by atoms with Crippen molar-refractivity contribution in [2.75, 3.05) is 11.2 Å². The number of anilines is 1. The van der Waals surface area contributed by atoms with Crippen molar-refractivity contribution in [3.8, 4) is 0 Å². The number of hydrogen-bond donors (Lipinski definition) is 2. The molecule has 182 valence electrons. The van der Waals surface area contributed by atoms with E-state index >= 15 is 0 Å². The van der Waals surface area contributed by atoms with Crippen LogP contribution in [0.15, 0.2) is 118 Å². The van der Waals surface area contributed by atoms with Crippen LogP contribution in [0, 0.1) is 0 Å². The highest BCUT2D eigenvalue weighted by molar-refractivity contribution is 7.98. The van der Waals surface area contributed by atoms with E-state index in [0.29, 0.717) is 27.7 Å². The van der Waals surface area contributed by atoms with Crippen molar-refractivity contribution in [3.63, 3.8) is 0 Å². The van der Waals surface area contributed by atoms with Crippen molar-refractivity contribution in [2.45, 2.75) is 10.9 Å². The van der Waals surface area contributed by atoms with Crippen LogP contribution in [0.2, 0.25) is 5.02 Å². The third-order valence-corrected chi connectivity index (χ3v) is 6.57. The predicted molar refractivity (Wildman–Crippen MR) is 144 cm³/mol. The Morgan fingerprint density at radius 1 is 1.03 bits per heavy atom. The van der Waals surface area contributed by atoms with Crippen LogP contribution in [0.1, 0.15) is 11.6 Å². The van der Waals surface area contributed by atoms with E-state index in [1.165, 1.54) is 22.9 Å². The van der Waals surface area contributed by atoms with Crippen LogP contribution < -0.4 is 10.6 Å². The number of benzene rings is 2. The maximum absolute atomic E-state index is 13.7. The monoisotopic (exact) mass is 518 g/mol. The second-order valence-electron chi connectivity index (χ2n) is 7.76. The largest absolute Gasteiger partial charge is 0.351 e. The van der Waals surface area contributed by atoms with Gasteiger partial charge in [0.2, 0.25) is 0 Å². The Balaban J connectivity index is 1.74. The van der Waals surface area contributed by atoms with Crippen LogP contribution in [0.5, 0.6) is 0 Å². The lowest BCUT2D eigenvalue weighted by Gasteiger charge is -2.29. The first-order valence-corrected chi connectivity index (χ1v) is 12.5. The van der Waals surface area contributed by atoms with Crippen molar-refractivity contribution in [2.24, 2.45) is 10.7 Å². The minimum absolute atomic E-state index is 0.399. The van der Waals surface area contributed by atoms with Crippen molar-refractivity contribution in [1.29, 1.82) is 0 Å². The highest BCUT2D eigenvalue weighted by atomic mass is 35.5. The molecule has 2 aromatic rings. The average Bonchev–Trinajstić information content (AvgIpc) is 2.88. The molecule has 1 heterocycles. The molecule has 1 atom stereocenters. The number of carbonyl (C=O) groups is 2. The van der Waals surface area contributed by atoms with E-state index in [4.69, 9.17) is 17.3 Å². The number of primary amides is 1. The zero-order chi connectivity index (χ0) is 25.7. The summed E-state index contributed by atoms with van der Waals surface area (Å²) < 4.78 is 0. The number of hydrogen-bond acceptors (Lipinski definition) is 5. The molecular weight excluding hydrogens is 496 g/mol. The second kappa shape index (κ2) is 11.3. The van der Waals surface area contributed by atoms with Gasteiger partial charge in [0.1, 0.15) is 6.04 Å². The number of amides is 3. The van der Waals surface area contributed by atoms with E-state index < -0.39 is 18.0 Å². The molecule has 0 aromatic heterocycles. The Kier molecular flexibility index (Phi) is 7.90. The van der Waals surface area contributed by atoms with E-state index in [1.54, 1.807) is 72.9 Å². The van der Waals surface area contributed by atoms with Gasteiger partial charge in [-0.25, -0.2) is 14.9 Å². The van der Waals surface area contributed by atoms with Gasteiger partial charge in [0.05, 0.1) is 11.4 Å². The lowest BCUT2D eigenvalue weighted by molar-refractivity contribution is -0.119. The number of rotatable bonds is 5. The summed E-state index contributed by atoms with van der Waals surface area (Å²) in [4.78, 5) is 32.7. The molecule has 9 heteroatoms. The number of allylic oxidation sites excluding steroid dienone is 8. The molecule has 1 aliphatic heterocycles. The van der Waals surface area contributed by atoms with Crippen molar-refractivity contribution < 1.29 is 14.8 Å². The maximum Gasteiger partial charge on any atom is 0.320 e. The highest BCUT2D eigenvalue weighted by Gasteiger charge is 2.33. The molecule has 3 N–H and O–H groups in total. The van der Waals surface area contributed by atoms with E-state index in [1.807, 2.05) is 24.5 Å². The molecule has 7 nitrogen and oxygen atoms in total. The smallest absolute Gasteiger partial charge is 0.320 e. The topological polar surface area (TPSA) is 99.2 Å². The van der Waals surface area contributed by atoms with Gasteiger partial charge in [0.25, 0.3) is 5.91 Å². The fraction of sp³-hybridized carbons (Fsp3) is 0.0741. The number of nitrogens with two attached hydrogens (primary N) is 1. The van der Waals surface area contributed by atoms with E-state index in [2.05, 4.69) is 4.99 Å². The summed E-state index contributed by atoms with van der Waals surface area (Å²) in [6.45, 7) is 0. The van der Waals surface area contributed by atoms with Gasteiger partial charge in [-0.05, 0) is 66.5 Å². The minimum Gasteiger partial charge on any atom is -0.351 e. The number of hydroxylamine groups is 2. The summed E-state index contributed by atoms with van der Waals surface area (Å²) in [7, 11) is 0. The minimum atomic E-state index is -1.10. The van der Waals surface area contributed by atoms with Gasteiger partial charge in [0, 0.05) is 27.4 Å². The number of nitrogens with zero attached hydrogens (tertiary/aromatic N) is 3. The standard InChI is InChI=1S/C27H23ClN4O3S/c1-36-24-8-3-2-6-22(24)25(32(27(29)34)21-15-11-19(28)12-16-21)26(33)30-20-13-9-18(10-14-20)23-7-4-5-17-31(23)35/h2-17,25,35H,1H3,(H2,29,34). The fourth-order valence-electron chi connectivity index (χ4n) is 3.84. The highest BCUT2D eigenvalue weighted by Crippen LogP contribution is 2.34. The lowest BCUT2D eigenvalue weighted by Crippen LogP contribution is -2.42. The molecule has 1 unspecified atom stereocenters. The number of thioether (sulfide) groups is 1. The SMILES string of the molecule is CSc1ccccc1C(C(=O)N=C1C=CC(=C2C=CC=CN2O)C=C1)N(C(N)=O)c1ccc(Cl)cc1. The molecule has 4 rings (SSSR count). The summed E-state index contributed by atoms with van der Waals surface area (Å²) in [6.07, 6.45) is 15.6. The molecule has 0 spiro atoms. The molecule has 0 saturated carbocycles. The summed E-state index contributed by atoms with van der Waals surface area (Å²) in [5.41, 5.74) is 8.55. The first kappa shape index (κ1) is 25.2. The summed E-state index contributed by atoms with van der Waals surface area (Å²) >= 11 is 7.49. The molecule has 2 aliphatic rings. The number of carbonyl (C=O) groups excluding carboxylic acids is 2. The van der Waals surface area contributed by atoms with Gasteiger partial charge >= 0.3 is 6.03 Å². The molecule has 0 bridgehead atoms. The molecule has 0 radical (unpaired) electrons. The average molecular weight is 519 g/mol. The molecule has 36 heavy (non-hydrogen) atoms. The first-order chi connectivity index (χ1) is 17.4. The normalized spacial score (nSPS) is 15.3. The summed E-state index contributed by atoms with van der Waals surface area (Å²) in [5, 5.41) is 11.6. The zero-order valence-corrected chi connectivity index (χ0v) is 20.9. The molecule has 0 saturated heterocycles. The van der Waals surface area contributed by atoms with Crippen molar-refractivity contribution >= 4 is 46.7 Å². The maximum atomic E-state index is 13.7. The van der Waals surface area contributed by atoms with Gasteiger partial charge in [-0.1, -0.05) is 48.0 Å². The van der Waals surface area contributed by atoms with Gasteiger partial charge in [-0.2, -0.15) is 0 Å². The van der Waals surface area contributed by atoms with Crippen LogP contribution in [0.3, 0.4) is 0 Å². The molecule has 3 amide bonds. The predicted octanol–water partition coefficient (Wildman–Crippen LogP) is 5.81. The van der Waals surface area contributed by atoms with Crippen LogP contribution in [-0.2, 0) is 4.79 Å². The van der Waals surface area contributed by atoms with Crippen LogP contribution >= 0.6 is 23.4 Å². The molecule has 1 aliphatic carbocycles. The Bertz CT molecular complexity index is 1340. The molecule has 2 aromatic carbocycles. The van der Waals surface area contributed by atoms with Crippen LogP contribution in [0.25, 0.3) is 0 Å². The lowest BCUT2D eigenvalue weighted by atomic mass is 10.0. The third-order valence-electron chi connectivity index (χ3n) is 5.51. The van der Waals surface area contributed by atoms with E-state index in [-0.39, 0.29) is 0 Å². The third kappa shape index (κ3) is 5.52. The van der Waals surface area contributed by atoms with Gasteiger partial charge in [0.15, 0.2) is 0 Å². The second-order valence-corrected chi connectivity index (χ2v) is 9.04. The van der Waals surface area contributed by atoms with Crippen LogP contribution in [-0.4, -0.2) is 34.2 Å². The van der Waals surface area contributed by atoms with E-state index in [9.17, 15) is 14.8 Å². The number of urea groups is 1. The van der Waals surface area contributed by atoms with E-state index in [0.717, 1.165) is 15.5 Å². The van der Waals surface area contributed by atoms with Crippen molar-refractivity contribution in [1.82, 2.24) is 5.06 Å². The molecular formula is C27H23ClN4O3S. The van der Waals surface area contributed by atoms with Crippen LogP contribution in [0.4, 0.5) is 10.5 Å². The van der Waals surface area contributed by atoms with Gasteiger partial charge in [-0.3, -0.25) is 14.9 Å². The molecule has 0 fully saturated rings. The Morgan fingerprint density at radius 3 is 2.36 bits per heavy atom.